The first kappa shape index (κ1) is 8.00. The number of aliphatic carboxylic acids is 1. The quantitative estimate of drug-likeness (QED) is 0.570. The molecule has 0 fully saturated rings. The van der Waals surface area contributed by atoms with Gasteiger partial charge in [0, 0.05) is 0 Å². The summed E-state index contributed by atoms with van der Waals surface area (Å²) < 4.78 is 23.4. The van der Waals surface area contributed by atoms with Crippen LogP contribution in [0.15, 0.2) is 0 Å². The summed E-state index contributed by atoms with van der Waals surface area (Å²) in [5.74, 6) is -6.17. The van der Waals surface area contributed by atoms with Gasteiger partial charge in [0.25, 0.3) is 0 Å². The monoisotopic (exact) mass is 138 g/mol. The predicted molar refractivity (Wildman–Crippen MR) is 23.3 cm³/mol. The lowest BCUT2D eigenvalue weighted by molar-refractivity contribution is -0.166. The van der Waals surface area contributed by atoms with Gasteiger partial charge in [-0.05, 0) is 0 Å². The van der Waals surface area contributed by atoms with Crippen molar-refractivity contribution in [1.29, 1.82) is 0 Å². The highest BCUT2D eigenvalue weighted by Gasteiger charge is 2.37. The predicted octanol–water partition coefficient (Wildman–Crippen LogP) is 0.295. The summed E-state index contributed by atoms with van der Waals surface area (Å²) >= 11 is 0. The molecular formula is C4H4F2O3. The van der Waals surface area contributed by atoms with Crippen LogP contribution in [0.1, 0.15) is 6.42 Å². The van der Waals surface area contributed by atoms with Gasteiger partial charge in [-0.15, -0.1) is 0 Å². The maximum Gasteiger partial charge on any atom is 0.375 e. The molecule has 52 valence electrons. The van der Waals surface area contributed by atoms with Crippen LogP contribution >= 0.6 is 0 Å². The molecule has 0 unspecified atom stereocenters. The lowest BCUT2D eigenvalue weighted by Gasteiger charge is -2.04. The highest BCUT2D eigenvalue weighted by Crippen LogP contribution is 2.15. The van der Waals surface area contributed by atoms with E-state index in [2.05, 4.69) is 0 Å². The average molecular weight is 138 g/mol. The number of carboxylic acids is 1. The van der Waals surface area contributed by atoms with Gasteiger partial charge in [0.05, 0.1) is 6.42 Å². The summed E-state index contributed by atoms with van der Waals surface area (Å²) in [4.78, 5) is 18.9. The minimum atomic E-state index is -3.90. The van der Waals surface area contributed by atoms with Crippen molar-refractivity contribution in [3.63, 3.8) is 0 Å². The zero-order chi connectivity index (χ0) is 7.49. The van der Waals surface area contributed by atoms with Crippen LogP contribution < -0.4 is 0 Å². The van der Waals surface area contributed by atoms with Crippen LogP contribution in [0.5, 0.6) is 0 Å². The van der Waals surface area contributed by atoms with E-state index < -0.39 is 18.3 Å². The first-order valence-corrected chi connectivity index (χ1v) is 2.05. The van der Waals surface area contributed by atoms with Gasteiger partial charge in [-0.1, -0.05) is 0 Å². The highest BCUT2D eigenvalue weighted by molar-refractivity contribution is 5.78. The Balaban J connectivity index is 4.00. The van der Waals surface area contributed by atoms with Gasteiger partial charge in [0.1, 0.15) is 6.29 Å². The van der Waals surface area contributed by atoms with Gasteiger partial charge in [0.2, 0.25) is 0 Å². The largest absolute Gasteiger partial charge is 0.477 e. The van der Waals surface area contributed by atoms with Crippen molar-refractivity contribution >= 4 is 12.3 Å². The molecule has 0 rings (SSSR count). The number of rotatable bonds is 3. The summed E-state index contributed by atoms with van der Waals surface area (Å²) in [5.41, 5.74) is 0. The molecule has 0 heterocycles. The van der Waals surface area contributed by atoms with Crippen LogP contribution in [0.4, 0.5) is 8.78 Å². The molecule has 3 nitrogen and oxygen atoms in total. The van der Waals surface area contributed by atoms with Gasteiger partial charge in [-0.25, -0.2) is 4.79 Å². The fourth-order valence-electron chi connectivity index (χ4n) is 0.192. The molecule has 0 aliphatic rings. The van der Waals surface area contributed by atoms with Crippen LogP contribution in [0.25, 0.3) is 0 Å². The van der Waals surface area contributed by atoms with E-state index in [9.17, 15) is 18.4 Å². The molecule has 0 saturated heterocycles. The van der Waals surface area contributed by atoms with Gasteiger partial charge >= 0.3 is 11.9 Å². The molecule has 0 aromatic heterocycles. The molecule has 0 aromatic rings. The van der Waals surface area contributed by atoms with Crippen molar-refractivity contribution in [2.45, 2.75) is 12.3 Å². The fraction of sp³-hybridized carbons (Fsp3) is 0.500. The molecule has 0 aliphatic carbocycles. The van der Waals surface area contributed by atoms with E-state index >= 15 is 0 Å². The zero-order valence-electron chi connectivity index (χ0n) is 4.30. The van der Waals surface area contributed by atoms with E-state index in [1.54, 1.807) is 0 Å². The number of halogens is 2. The Morgan fingerprint density at radius 3 is 2.22 bits per heavy atom. The summed E-state index contributed by atoms with van der Waals surface area (Å²) in [6, 6.07) is 0. The topological polar surface area (TPSA) is 54.4 Å². The molecule has 9 heavy (non-hydrogen) atoms. The second-order valence-electron chi connectivity index (χ2n) is 1.38. The second kappa shape index (κ2) is 2.52. The standard InChI is InChI=1S/C4H4F2O3/c5-4(6,1-2-7)3(8)9/h2H,1H2,(H,8,9). The van der Waals surface area contributed by atoms with E-state index in [1.807, 2.05) is 0 Å². The Morgan fingerprint density at radius 2 is 2.11 bits per heavy atom. The molecule has 0 bridgehead atoms. The van der Waals surface area contributed by atoms with Crippen molar-refractivity contribution in [2.75, 3.05) is 0 Å². The molecule has 0 aromatic carbocycles. The average Bonchev–Trinajstić information content (AvgIpc) is 1.65. The van der Waals surface area contributed by atoms with Crippen LogP contribution in [0.2, 0.25) is 0 Å². The number of aldehydes is 1. The van der Waals surface area contributed by atoms with Crippen molar-refractivity contribution in [3.05, 3.63) is 0 Å². The maximum absolute atomic E-state index is 11.7. The lowest BCUT2D eigenvalue weighted by Crippen LogP contribution is -2.28. The SMILES string of the molecule is O=CCC(F)(F)C(=O)O. The molecular weight excluding hydrogens is 134 g/mol. The first-order chi connectivity index (χ1) is 4.00. The summed E-state index contributed by atoms with van der Waals surface area (Å²) in [7, 11) is 0. The Kier molecular flexibility index (Phi) is 2.24. The van der Waals surface area contributed by atoms with Crippen molar-refractivity contribution in [1.82, 2.24) is 0 Å². The van der Waals surface area contributed by atoms with Gasteiger partial charge < -0.3 is 9.90 Å². The molecule has 0 radical (unpaired) electrons. The van der Waals surface area contributed by atoms with Crippen molar-refractivity contribution < 1.29 is 23.5 Å². The number of hydrogen-bond acceptors (Lipinski definition) is 2. The number of alkyl halides is 2. The van der Waals surface area contributed by atoms with Gasteiger partial charge in [-0.2, -0.15) is 8.78 Å². The normalized spacial score (nSPS) is 10.9. The van der Waals surface area contributed by atoms with E-state index in [0.29, 0.717) is 0 Å². The second-order valence-corrected chi connectivity index (χ2v) is 1.38. The minimum Gasteiger partial charge on any atom is -0.477 e. The summed E-state index contributed by atoms with van der Waals surface area (Å²) in [6.07, 6.45) is -1.39. The molecule has 0 atom stereocenters. The third-order valence-corrected chi connectivity index (χ3v) is 0.653. The molecule has 0 spiro atoms. The van der Waals surface area contributed by atoms with Gasteiger partial charge in [0.15, 0.2) is 0 Å². The minimum absolute atomic E-state index is 0.131. The molecule has 1 N–H and O–H groups in total. The Morgan fingerprint density at radius 1 is 1.67 bits per heavy atom. The van der Waals surface area contributed by atoms with E-state index in [0.717, 1.165) is 0 Å². The van der Waals surface area contributed by atoms with Crippen molar-refractivity contribution in [2.24, 2.45) is 0 Å². The van der Waals surface area contributed by atoms with E-state index in [4.69, 9.17) is 5.11 Å². The van der Waals surface area contributed by atoms with Crippen LogP contribution in [-0.2, 0) is 9.59 Å². The van der Waals surface area contributed by atoms with Crippen molar-refractivity contribution in [3.8, 4) is 0 Å². The molecule has 5 heteroatoms. The Bertz CT molecular complexity index is 132. The number of hydrogen-bond donors (Lipinski definition) is 1. The van der Waals surface area contributed by atoms with E-state index in [-0.39, 0.29) is 6.29 Å². The zero-order valence-corrected chi connectivity index (χ0v) is 4.30. The first-order valence-electron chi connectivity index (χ1n) is 2.05. The van der Waals surface area contributed by atoms with E-state index in [1.165, 1.54) is 0 Å². The fourth-order valence-corrected chi connectivity index (χ4v) is 0.192. The third kappa shape index (κ3) is 2.16. The van der Waals surface area contributed by atoms with Crippen LogP contribution in [0.3, 0.4) is 0 Å². The number of carboxylic acid groups (broad SMARTS) is 1. The maximum atomic E-state index is 11.7. The van der Waals surface area contributed by atoms with Crippen LogP contribution in [0, 0.1) is 0 Å². The Hall–Kier alpha value is -1.00. The molecule has 0 amide bonds. The molecule has 0 saturated carbocycles. The number of carbonyl (C=O) groups is 2. The Labute approximate surface area is 49.3 Å². The van der Waals surface area contributed by atoms with Crippen LogP contribution in [-0.4, -0.2) is 23.3 Å². The molecule has 0 aliphatic heterocycles. The summed E-state index contributed by atoms with van der Waals surface area (Å²) in [5, 5.41) is 7.66. The van der Waals surface area contributed by atoms with Gasteiger partial charge in [-0.3, -0.25) is 0 Å². The third-order valence-electron chi connectivity index (χ3n) is 0.653. The number of carbonyl (C=O) groups excluding carboxylic acids is 1. The highest BCUT2D eigenvalue weighted by atomic mass is 19.3. The lowest BCUT2D eigenvalue weighted by atomic mass is 10.3. The summed E-state index contributed by atoms with van der Waals surface area (Å²) in [6.45, 7) is 0. The smallest absolute Gasteiger partial charge is 0.375 e.